The molecule has 1 aliphatic heterocycles. The molecule has 122 valence electrons. The predicted octanol–water partition coefficient (Wildman–Crippen LogP) is 3.06. The third-order valence-corrected chi connectivity index (χ3v) is 5.45. The zero-order valence-corrected chi connectivity index (χ0v) is 12.8. The smallest absolute Gasteiger partial charge is 0.152 e. The normalized spacial score (nSPS) is 49.7. The molecule has 2 aliphatic carbocycles. The molecule has 21 heavy (non-hydrogen) atoms. The second-order valence-corrected chi connectivity index (χ2v) is 6.62. The first-order valence-electron chi connectivity index (χ1n) is 8.25. The summed E-state index contributed by atoms with van der Waals surface area (Å²) in [5.74, 6) is 0.282. The minimum Gasteiger partial charge on any atom is -0.378 e. The first-order chi connectivity index (χ1) is 10.2. The standard InChI is InChI=1S/C16H26F2O3/c1-3-8-20-12-7-5-10-9-4-6-11(19-2)13(17)15(9)21-16(10)14(12)18/h9-16H,3-8H2,1-2H3. The highest BCUT2D eigenvalue weighted by Crippen LogP contribution is 2.49. The fourth-order valence-corrected chi connectivity index (χ4v) is 4.40. The Hall–Kier alpha value is -0.260. The van der Waals surface area contributed by atoms with Crippen LogP contribution in [-0.4, -0.2) is 50.5 Å². The molecule has 0 bridgehead atoms. The molecular weight excluding hydrogens is 278 g/mol. The van der Waals surface area contributed by atoms with E-state index in [0.717, 1.165) is 25.7 Å². The molecule has 0 N–H and O–H groups in total. The number of hydrogen-bond donors (Lipinski definition) is 0. The summed E-state index contributed by atoms with van der Waals surface area (Å²) in [7, 11) is 1.53. The fourth-order valence-electron chi connectivity index (χ4n) is 4.40. The van der Waals surface area contributed by atoms with Crippen molar-refractivity contribution < 1.29 is 23.0 Å². The Morgan fingerprint density at radius 1 is 0.952 bits per heavy atom. The summed E-state index contributed by atoms with van der Waals surface area (Å²) in [5, 5.41) is 0. The maximum atomic E-state index is 14.7. The third-order valence-electron chi connectivity index (χ3n) is 5.45. The van der Waals surface area contributed by atoms with Gasteiger partial charge >= 0.3 is 0 Å². The maximum absolute atomic E-state index is 14.7. The summed E-state index contributed by atoms with van der Waals surface area (Å²) in [5.41, 5.74) is 0. The van der Waals surface area contributed by atoms with Crippen LogP contribution in [0.15, 0.2) is 0 Å². The highest BCUT2D eigenvalue weighted by atomic mass is 19.1. The van der Waals surface area contributed by atoms with E-state index >= 15 is 0 Å². The molecule has 5 heteroatoms. The molecule has 3 fully saturated rings. The number of methoxy groups -OCH3 is 1. The van der Waals surface area contributed by atoms with Crippen LogP contribution in [0.5, 0.6) is 0 Å². The topological polar surface area (TPSA) is 27.7 Å². The first kappa shape index (κ1) is 15.6. The monoisotopic (exact) mass is 304 g/mol. The van der Waals surface area contributed by atoms with Crippen molar-refractivity contribution in [3.8, 4) is 0 Å². The maximum Gasteiger partial charge on any atom is 0.152 e. The molecular formula is C16H26F2O3. The lowest BCUT2D eigenvalue weighted by molar-refractivity contribution is -0.129. The highest BCUT2D eigenvalue weighted by Gasteiger charge is 2.57. The van der Waals surface area contributed by atoms with Crippen LogP contribution in [0.1, 0.15) is 39.0 Å². The van der Waals surface area contributed by atoms with Crippen LogP contribution in [0.3, 0.4) is 0 Å². The Kier molecular flexibility index (Phi) is 4.81. The molecule has 8 unspecified atom stereocenters. The van der Waals surface area contributed by atoms with Gasteiger partial charge in [0.2, 0.25) is 0 Å². The van der Waals surface area contributed by atoms with Gasteiger partial charge < -0.3 is 14.2 Å². The van der Waals surface area contributed by atoms with Crippen LogP contribution < -0.4 is 0 Å². The summed E-state index contributed by atoms with van der Waals surface area (Å²) < 4.78 is 45.8. The lowest BCUT2D eigenvalue weighted by Crippen LogP contribution is -2.45. The summed E-state index contributed by atoms with van der Waals surface area (Å²) in [6.07, 6.45) is 0.00725. The molecule has 2 saturated carbocycles. The molecule has 0 amide bonds. The van der Waals surface area contributed by atoms with Crippen molar-refractivity contribution in [2.75, 3.05) is 13.7 Å². The zero-order chi connectivity index (χ0) is 15.0. The van der Waals surface area contributed by atoms with Crippen molar-refractivity contribution in [3.05, 3.63) is 0 Å². The lowest BCUT2D eigenvalue weighted by atomic mass is 9.71. The van der Waals surface area contributed by atoms with E-state index in [1.165, 1.54) is 7.11 Å². The number of halogens is 2. The Bertz CT molecular complexity index is 354. The molecule has 0 aromatic carbocycles. The Labute approximate surface area is 125 Å². The zero-order valence-electron chi connectivity index (χ0n) is 12.8. The summed E-state index contributed by atoms with van der Waals surface area (Å²) in [6, 6.07) is 0. The van der Waals surface area contributed by atoms with E-state index < -0.39 is 30.7 Å². The molecule has 1 heterocycles. The van der Waals surface area contributed by atoms with Crippen LogP contribution in [0, 0.1) is 11.8 Å². The number of rotatable bonds is 4. The largest absolute Gasteiger partial charge is 0.378 e. The second kappa shape index (κ2) is 6.47. The Morgan fingerprint density at radius 3 is 2.10 bits per heavy atom. The van der Waals surface area contributed by atoms with Gasteiger partial charge in [-0.15, -0.1) is 0 Å². The number of ether oxygens (including phenoxy) is 3. The lowest BCUT2D eigenvalue weighted by Gasteiger charge is -2.37. The molecule has 0 spiro atoms. The van der Waals surface area contributed by atoms with Crippen LogP contribution in [0.4, 0.5) is 8.78 Å². The highest BCUT2D eigenvalue weighted by molar-refractivity contribution is 5.04. The van der Waals surface area contributed by atoms with Crippen molar-refractivity contribution in [2.45, 2.75) is 75.8 Å². The number of fused-ring (bicyclic) bond motifs is 3. The van der Waals surface area contributed by atoms with Gasteiger partial charge in [-0.2, -0.15) is 0 Å². The average Bonchev–Trinajstić information content (AvgIpc) is 2.88. The van der Waals surface area contributed by atoms with Crippen molar-refractivity contribution in [3.63, 3.8) is 0 Å². The number of hydrogen-bond acceptors (Lipinski definition) is 3. The Morgan fingerprint density at radius 2 is 1.52 bits per heavy atom. The molecule has 0 radical (unpaired) electrons. The van der Waals surface area contributed by atoms with Crippen LogP contribution in [-0.2, 0) is 14.2 Å². The third kappa shape index (κ3) is 2.73. The van der Waals surface area contributed by atoms with Crippen LogP contribution >= 0.6 is 0 Å². The van der Waals surface area contributed by atoms with Crippen molar-refractivity contribution >= 4 is 0 Å². The second-order valence-electron chi connectivity index (χ2n) is 6.62. The molecule has 3 aliphatic rings. The first-order valence-corrected chi connectivity index (χ1v) is 8.25. The SMILES string of the molecule is CCCOC1CCC2C3CCC(OC)C(F)C3OC2C1F. The van der Waals surface area contributed by atoms with Gasteiger partial charge in [-0.3, -0.25) is 0 Å². The Balaban J connectivity index is 1.68. The van der Waals surface area contributed by atoms with Gasteiger partial charge in [0.1, 0.15) is 0 Å². The molecule has 0 aromatic heterocycles. The van der Waals surface area contributed by atoms with E-state index in [0.29, 0.717) is 13.0 Å². The van der Waals surface area contributed by atoms with Gasteiger partial charge in [0.25, 0.3) is 0 Å². The van der Waals surface area contributed by atoms with Crippen LogP contribution in [0.2, 0.25) is 0 Å². The van der Waals surface area contributed by atoms with Crippen molar-refractivity contribution in [1.29, 1.82) is 0 Å². The van der Waals surface area contributed by atoms with Gasteiger partial charge in [-0.1, -0.05) is 6.92 Å². The predicted molar refractivity (Wildman–Crippen MR) is 74.7 cm³/mol. The van der Waals surface area contributed by atoms with E-state index in [1.54, 1.807) is 0 Å². The van der Waals surface area contributed by atoms with Crippen LogP contribution in [0.25, 0.3) is 0 Å². The summed E-state index contributed by atoms with van der Waals surface area (Å²) >= 11 is 0. The average molecular weight is 304 g/mol. The van der Waals surface area contributed by atoms with Crippen molar-refractivity contribution in [2.24, 2.45) is 11.8 Å². The quantitative estimate of drug-likeness (QED) is 0.799. The number of alkyl halides is 2. The fraction of sp³-hybridized carbons (Fsp3) is 1.00. The molecule has 3 nitrogen and oxygen atoms in total. The molecule has 3 rings (SSSR count). The van der Waals surface area contributed by atoms with E-state index in [-0.39, 0.29) is 17.9 Å². The van der Waals surface area contributed by atoms with Crippen molar-refractivity contribution in [1.82, 2.24) is 0 Å². The minimum absolute atomic E-state index is 0.141. The minimum atomic E-state index is -1.14. The molecule has 8 atom stereocenters. The van der Waals surface area contributed by atoms with E-state index in [9.17, 15) is 8.78 Å². The van der Waals surface area contributed by atoms with Gasteiger partial charge in [0.15, 0.2) is 12.3 Å². The summed E-state index contributed by atoms with van der Waals surface area (Å²) in [4.78, 5) is 0. The summed E-state index contributed by atoms with van der Waals surface area (Å²) in [6.45, 7) is 2.59. The van der Waals surface area contributed by atoms with E-state index in [4.69, 9.17) is 14.2 Å². The van der Waals surface area contributed by atoms with Gasteiger partial charge in [0.05, 0.1) is 24.4 Å². The van der Waals surface area contributed by atoms with E-state index in [2.05, 4.69) is 0 Å². The van der Waals surface area contributed by atoms with E-state index in [1.807, 2.05) is 6.92 Å². The van der Waals surface area contributed by atoms with Gasteiger partial charge in [-0.25, -0.2) is 8.78 Å². The van der Waals surface area contributed by atoms with Gasteiger partial charge in [0, 0.05) is 13.7 Å². The molecule has 0 aromatic rings. The van der Waals surface area contributed by atoms with Gasteiger partial charge in [-0.05, 0) is 43.9 Å². The molecule has 1 saturated heterocycles.